The Morgan fingerprint density at radius 3 is 2.73 bits per heavy atom. The number of rotatable bonds is 3. The van der Waals surface area contributed by atoms with Crippen molar-refractivity contribution in [3.8, 4) is 6.07 Å². The molecule has 3 heterocycles. The van der Waals surface area contributed by atoms with E-state index in [1.807, 2.05) is 0 Å². The number of hydrogen-bond acceptors (Lipinski definition) is 7. The average Bonchev–Trinajstić information content (AvgIpc) is 2.57. The Labute approximate surface area is 171 Å². The van der Waals surface area contributed by atoms with Crippen molar-refractivity contribution >= 4 is 27.8 Å². The van der Waals surface area contributed by atoms with E-state index in [1.165, 1.54) is 12.3 Å². The maximum Gasteiger partial charge on any atom is 1.00 e. The number of carboxylic acids is 1. The fourth-order valence-electron chi connectivity index (χ4n) is 2.76. The van der Waals surface area contributed by atoms with Gasteiger partial charge in [-0.2, -0.15) is 5.26 Å². The summed E-state index contributed by atoms with van der Waals surface area (Å²) in [5.74, 6) is -3.04. The van der Waals surface area contributed by atoms with E-state index in [2.05, 4.69) is 4.98 Å². The molecular weight excluding hydrogens is 369 g/mol. The Morgan fingerprint density at radius 1 is 1.42 bits per heavy atom. The number of aromatic nitrogens is 1. The Morgan fingerprint density at radius 2 is 2.15 bits per heavy atom. The summed E-state index contributed by atoms with van der Waals surface area (Å²) in [6, 6.07) is 6.58. The van der Waals surface area contributed by atoms with Crippen LogP contribution >= 0.6 is 0 Å². The van der Waals surface area contributed by atoms with Crippen molar-refractivity contribution in [1.29, 1.82) is 5.26 Å². The molecule has 2 aliphatic rings. The summed E-state index contributed by atoms with van der Waals surface area (Å²) in [6.07, 6.45) is 4.82. The monoisotopic (exact) mass is 379 g/mol. The van der Waals surface area contributed by atoms with Crippen LogP contribution in [0, 0.1) is 11.3 Å². The fraction of sp³-hybridized carbons (Fsp3) is 0.125. The predicted octanol–water partition coefficient (Wildman–Crippen LogP) is -3.85. The molecule has 0 unspecified atom stereocenters. The average molecular weight is 379 g/mol. The number of hydrogen-bond donors (Lipinski definition) is 0. The van der Waals surface area contributed by atoms with E-state index < -0.39 is 38.5 Å². The molecule has 0 aliphatic carbocycles. The third kappa shape index (κ3) is 3.37. The molecule has 8 nitrogen and oxygen atoms in total. The van der Waals surface area contributed by atoms with Gasteiger partial charge in [0, 0.05) is 12.3 Å². The van der Waals surface area contributed by atoms with Crippen molar-refractivity contribution < 1.29 is 52.7 Å². The molecule has 0 saturated carbocycles. The van der Waals surface area contributed by atoms with E-state index in [0.717, 1.165) is 12.2 Å². The molecule has 2 aliphatic heterocycles. The second kappa shape index (κ2) is 7.55. The van der Waals surface area contributed by atoms with Gasteiger partial charge >= 0.3 is 29.6 Å². The van der Waals surface area contributed by atoms with Gasteiger partial charge in [-0.3, -0.25) is 14.7 Å². The largest absolute Gasteiger partial charge is 1.00 e. The minimum Gasteiger partial charge on any atom is -0.543 e. The first-order valence-corrected chi connectivity index (χ1v) is 8.77. The molecule has 0 spiro atoms. The van der Waals surface area contributed by atoms with Crippen LogP contribution in [0.3, 0.4) is 0 Å². The zero-order valence-electron chi connectivity index (χ0n) is 13.6. The molecule has 1 amide bonds. The molecule has 26 heavy (non-hydrogen) atoms. The number of nitrogens with zero attached hydrogens (tertiary/aromatic N) is 3. The normalized spacial score (nSPS) is 22.4. The number of carbonyl (C=O) groups is 2. The molecule has 1 atom stereocenters. The summed E-state index contributed by atoms with van der Waals surface area (Å²) >= 11 is 0. The fourth-order valence-corrected chi connectivity index (χ4v) is 4.67. The van der Waals surface area contributed by atoms with E-state index >= 15 is 0 Å². The van der Waals surface area contributed by atoms with Crippen LogP contribution in [0.25, 0.3) is 6.08 Å². The number of carboxylic acid groups (broad SMARTS) is 1. The van der Waals surface area contributed by atoms with Gasteiger partial charge in [-0.25, -0.2) is 8.42 Å². The van der Waals surface area contributed by atoms with Gasteiger partial charge in [-0.05, 0) is 29.9 Å². The van der Waals surface area contributed by atoms with Crippen LogP contribution in [-0.2, 0) is 19.4 Å². The van der Waals surface area contributed by atoms with Crippen molar-refractivity contribution in [2.75, 3.05) is 5.75 Å². The Bertz CT molecular complexity index is 1010. The van der Waals surface area contributed by atoms with Gasteiger partial charge in [0.15, 0.2) is 15.2 Å². The summed E-state index contributed by atoms with van der Waals surface area (Å²) in [4.78, 5) is 28.5. The van der Waals surface area contributed by atoms with E-state index in [9.17, 15) is 23.1 Å². The van der Waals surface area contributed by atoms with E-state index in [4.69, 9.17) is 5.26 Å². The smallest absolute Gasteiger partial charge is 0.543 e. The Balaban J connectivity index is 0.00000243. The van der Waals surface area contributed by atoms with Gasteiger partial charge < -0.3 is 9.90 Å². The topological polar surface area (TPSA) is 131 Å². The summed E-state index contributed by atoms with van der Waals surface area (Å²) in [7, 11) is -3.87. The molecule has 10 heteroatoms. The molecule has 0 N–H and O–H groups in total. The van der Waals surface area contributed by atoms with E-state index in [1.54, 1.807) is 24.3 Å². The van der Waals surface area contributed by atoms with Gasteiger partial charge in [0.25, 0.3) is 5.91 Å². The first-order chi connectivity index (χ1) is 11.9. The van der Waals surface area contributed by atoms with Gasteiger partial charge in [-0.1, -0.05) is 6.07 Å². The number of pyridine rings is 1. The minimum atomic E-state index is -3.87. The van der Waals surface area contributed by atoms with Gasteiger partial charge in [0.1, 0.15) is 0 Å². The summed E-state index contributed by atoms with van der Waals surface area (Å²) in [5.41, 5.74) is -0.367. The minimum absolute atomic E-state index is 0. The van der Waals surface area contributed by atoms with Crippen molar-refractivity contribution in [2.45, 2.75) is 5.37 Å². The van der Waals surface area contributed by atoms with Crippen molar-refractivity contribution in [2.24, 2.45) is 0 Å². The predicted molar refractivity (Wildman–Crippen MR) is 83.4 cm³/mol. The van der Waals surface area contributed by atoms with Gasteiger partial charge in [0.2, 0.25) is 0 Å². The number of sulfone groups is 1. The third-order valence-corrected chi connectivity index (χ3v) is 5.61. The Hall–Kier alpha value is -2.25. The molecule has 1 saturated heterocycles. The summed E-state index contributed by atoms with van der Waals surface area (Å²) in [5, 5.41) is 18.6. The van der Waals surface area contributed by atoms with Crippen LogP contribution in [0.15, 0.2) is 53.4 Å². The van der Waals surface area contributed by atoms with Crippen LogP contribution in [0.2, 0.25) is 0 Å². The third-order valence-electron chi connectivity index (χ3n) is 3.75. The number of fused-ring (bicyclic) bond motifs is 1. The summed E-state index contributed by atoms with van der Waals surface area (Å²) in [6.45, 7) is 0. The van der Waals surface area contributed by atoms with Crippen LogP contribution in [0.1, 0.15) is 5.69 Å². The zero-order valence-corrected chi connectivity index (χ0v) is 16.4. The van der Waals surface area contributed by atoms with Crippen LogP contribution in [0.4, 0.5) is 0 Å². The molecule has 0 aromatic carbocycles. The van der Waals surface area contributed by atoms with Gasteiger partial charge in [-0.15, -0.1) is 0 Å². The number of carbonyl (C=O) groups excluding carboxylic acids is 2. The molecular formula is C16H10N3NaO5S. The molecule has 126 valence electrons. The maximum absolute atomic E-state index is 12.5. The zero-order chi connectivity index (χ0) is 18.2. The van der Waals surface area contributed by atoms with Crippen LogP contribution in [0.5, 0.6) is 0 Å². The number of β-lactam (4-membered cyclic amide) rings is 1. The van der Waals surface area contributed by atoms with E-state index in [-0.39, 0.29) is 40.7 Å². The van der Waals surface area contributed by atoms with Crippen LogP contribution < -0.4 is 34.7 Å². The molecule has 0 radical (unpaired) electrons. The molecule has 1 fully saturated rings. The van der Waals surface area contributed by atoms with E-state index in [0.29, 0.717) is 10.6 Å². The molecule has 1 aromatic rings. The number of allylic oxidation sites excluding steroid dienone is 2. The molecule has 0 bridgehead atoms. The quantitative estimate of drug-likeness (QED) is 0.227. The molecule has 3 rings (SSSR count). The van der Waals surface area contributed by atoms with Crippen molar-refractivity contribution in [3.63, 3.8) is 0 Å². The SMILES string of the molecule is N#C/C=C/C1=C(C(=O)[O-])N2C(=O)/C(=C/c3ccccn3)[C@H]2S(=O)(=O)C1.[Na+]. The first kappa shape index (κ1) is 20.1. The second-order valence-electron chi connectivity index (χ2n) is 5.31. The first-order valence-electron chi connectivity index (χ1n) is 7.05. The standard InChI is InChI=1S/C16H11N3O5S.Na/c17-6-3-4-10-9-25(23,24)15-12(8-11-5-1-2-7-18-11)14(20)19(15)13(10)16(21)22;/h1-5,7-8,15H,9H2,(H,21,22);/q;+1/p-1/b4-3+,12-8-;/t15-;/m1./s1. The maximum atomic E-state index is 12.5. The van der Waals surface area contributed by atoms with Crippen molar-refractivity contribution in [3.05, 3.63) is 59.1 Å². The molecule has 1 aromatic heterocycles. The number of aliphatic carboxylic acids is 1. The number of nitriles is 1. The van der Waals surface area contributed by atoms with Crippen molar-refractivity contribution in [1.82, 2.24) is 9.88 Å². The summed E-state index contributed by atoms with van der Waals surface area (Å²) < 4.78 is 25.0. The Kier molecular flexibility index (Phi) is 5.83. The number of amides is 1. The van der Waals surface area contributed by atoms with Gasteiger partial charge in [0.05, 0.1) is 34.8 Å². The second-order valence-corrected chi connectivity index (χ2v) is 7.37. The van der Waals surface area contributed by atoms with Crippen LogP contribution in [-0.4, -0.2) is 41.3 Å².